The molecule has 0 aromatic heterocycles. The van der Waals surface area contributed by atoms with Gasteiger partial charge < -0.3 is 5.32 Å². The van der Waals surface area contributed by atoms with E-state index in [1.165, 1.54) is 0 Å². The van der Waals surface area contributed by atoms with Gasteiger partial charge in [-0.25, -0.2) is 0 Å². The van der Waals surface area contributed by atoms with Gasteiger partial charge in [-0.2, -0.15) is 13.2 Å². The van der Waals surface area contributed by atoms with E-state index in [4.69, 9.17) is 0 Å². The van der Waals surface area contributed by atoms with Crippen LogP contribution in [0.15, 0.2) is 24.3 Å². The zero-order valence-electron chi connectivity index (χ0n) is 9.43. The minimum absolute atomic E-state index is 0.516. The Hall–Kier alpha value is -1.03. The summed E-state index contributed by atoms with van der Waals surface area (Å²) in [6.45, 7) is 0. The quantitative estimate of drug-likeness (QED) is 0.781. The highest BCUT2D eigenvalue weighted by molar-refractivity contribution is 5.29. The van der Waals surface area contributed by atoms with Crippen molar-refractivity contribution in [3.05, 3.63) is 35.4 Å². The topological polar surface area (TPSA) is 12.0 Å². The molecule has 0 atom stereocenters. The Bertz CT molecular complexity index is 312. The highest BCUT2D eigenvalue weighted by Gasteiger charge is 2.31. The van der Waals surface area contributed by atoms with Crippen LogP contribution in [0.4, 0.5) is 13.2 Å². The Labute approximate surface area is 93.7 Å². The predicted molar refractivity (Wildman–Crippen MR) is 58.4 cm³/mol. The second kappa shape index (κ2) is 5.34. The lowest BCUT2D eigenvalue weighted by Crippen LogP contribution is -2.04. The van der Waals surface area contributed by atoms with Crippen LogP contribution in [0.25, 0.3) is 0 Å². The molecule has 90 valence electrons. The molecule has 0 bridgehead atoms. The van der Waals surface area contributed by atoms with E-state index in [0.717, 1.165) is 30.5 Å². The van der Waals surface area contributed by atoms with Crippen LogP contribution in [-0.4, -0.2) is 14.1 Å². The Kier molecular flexibility index (Phi) is 4.35. The number of hydrogen-bond donors (Lipinski definition) is 1. The van der Waals surface area contributed by atoms with Crippen LogP contribution in [0.1, 0.15) is 29.9 Å². The molecule has 4 heteroatoms. The monoisotopic (exact) mass is 231 g/mol. The summed E-state index contributed by atoms with van der Waals surface area (Å²) in [6, 6.07) is 5.49. The molecule has 0 aliphatic heterocycles. The van der Waals surface area contributed by atoms with Crippen molar-refractivity contribution < 1.29 is 13.2 Å². The standard InChI is InChI=1S/C10H9F3.C2H7N/c11-10(12,13)9-5-3-8(4-6-9)7-1-2-7;1-3-2/h3-7H,1-2H2;3H,1-2H3. The lowest BCUT2D eigenvalue weighted by Gasteiger charge is -2.06. The molecule has 0 heterocycles. The molecule has 1 aliphatic rings. The zero-order valence-corrected chi connectivity index (χ0v) is 9.43. The summed E-state index contributed by atoms with van der Waals surface area (Å²) in [5, 5.41) is 2.75. The molecule has 1 aromatic carbocycles. The first-order valence-electron chi connectivity index (χ1n) is 5.24. The van der Waals surface area contributed by atoms with Gasteiger partial charge in [-0.15, -0.1) is 0 Å². The smallest absolute Gasteiger partial charge is 0.323 e. The number of hydrogen-bond acceptors (Lipinski definition) is 1. The minimum atomic E-state index is -4.21. The molecule has 1 fully saturated rings. The molecule has 16 heavy (non-hydrogen) atoms. The third-order valence-electron chi connectivity index (χ3n) is 2.29. The highest BCUT2D eigenvalue weighted by atomic mass is 19.4. The molecule has 0 radical (unpaired) electrons. The van der Waals surface area contributed by atoms with Crippen molar-refractivity contribution in [1.82, 2.24) is 5.32 Å². The Morgan fingerprint density at radius 2 is 1.50 bits per heavy atom. The Balaban J connectivity index is 0.000000386. The lowest BCUT2D eigenvalue weighted by molar-refractivity contribution is -0.137. The fraction of sp³-hybridized carbons (Fsp3) is 0.500. The van der Waals surface area contributed by atoms with Crippen molar-refractivity contribution in [3.63, 3.8) is 0 Å². The number of rotatable bonds is 1. The summed E-state index contributed by atoms with van der Waals surface area (Å²) in [4.78, 5) is 0. The summed E-state index contributed by atoms with van der Waals surface area (Å²) in [5.41, 5.74) is 0.477. The van der Waals surface area contributed by atoms with E-state index in [0.29, 0.717) is 5.92 Å². The van der Waals surface area contributed by atoms with Gasteiger partial charge in [-0.05, 0) is 50.6 Å². The summed E-state index contributed by atoms with van der Waals surface area (Å²) in [7, 11) is 3.75. The predicted octanol–water partition coefficient (Wildman–Crippen LogP) is 3.42. The van der Waals surface area contributed by atoms with Crippen LogP contribution in [0.3, 0.4) is 0 Å². The van der Waals surface area contributed by atoms with Crippen LogP contribution in [0, 0.1) is 0 Å². The first-order chi connectivity index (χ1) is 7.49. The first kappa shape index (κ1) is 13.0. The van der Waals surface area contributed by atoms with E-state index in [1.54, 1.807) is 12.1 Å². The molecule has 0 amide bonds. The van der Waals surface area contributed by atoms with Gasteiger partial charge in [0, 0.05) is 0 Å². The zero-order chi connectivity index (χ0) is 12.2. The van der Waals surface area contributed by atoms with Crippen molar-refractivity contribution >= 4 is 0 Å². The van der Waals surface area contributed by atoms with E-state index in [9.17, 15) is 13.2 Å². The molecule has 0 unspecified atom stereocenters. The van der Waals surface area contributed by atoms with E-state index >= 15 is 0 Å². The molecular weight excluding hydrogens is 215 g/mol. The van der Waals surface area contributed by atoms with E-state index < -0.39 is 11.7 Å². The summed E-state index contributed by atoms with van der Waals surface area (Å²) < 4.78 is 36.4. The number of benzene rings is 1. The van der Waals surface area contributed by atoms with Gasteiger partial charge in [0.2, 0.25) is 0 Å². The van der Waals surface area contributed by atoms with Crippen LogP contribution >= 0.6 is 0 Å². The maximum Gasteiger partial charge on any atom is 0.416 e. The Morgan fingerprint density at radius 1 is 1.06 bits per heavy atom. The van der Waals surface area contributed by atoms with E-state index in [-0.39, 0.29) is 0 Å². The average Bonchev–Trinajstić information content (AvgIpc) is 3.01. The number of halogens is 3. The molecule has 0 spiro atoms. The highest BCUT2D eigenvalue weighted by Crippen LogP contribution is 2.40. The van der Waals surface area contributed by atoms with Crippen LogP contribution in [0.5, 0.6) is 0 Å². The molecule has 1 nitrogen and oxygen atoms in total. The van der Waals surface area contributed by atoms with Gasteiger partial charge in [-0.3, -0.25) is 0 Å². The van der Waals surface area contributed by atoms with Crippen molar-refractivity contribution in [2.24, 2.45) is 0 Å². The fourth-order valence-corrected chi connectivity index (χ4v) is 1.36. The molecule has 1 N–H and O–H groups in total. The molecule has 0 saturated heterocycles. The van der Waals surface area contributed by atoms with Crippen molar-refractivity contribution in [3.8, 4) is 0 Å². The van der Waals surface area contributed by atoms with Gasteiger partial charge in [0.1, 0.15) is 0 Å². The van der Waals surface area contributed by atoms with Gasteiger partial charge in [0.05, 0.1) is 5.56 Å². The second-order valence-electron chi connectivity index (χ2n) is 3.89. The molecule has 1 saturated carbocycles. The maximum absolute atomic E-state index is 12.1. The Morgan fingerprint density at radius 3 is 1.81 bits per heavy atom. The third-order valence-corrected chi connectivity index (χ3v) is 2.29. The lowest BCUT2D eigenvalue weighted by atomic mass is 10.1. The van der Waals surface area contributed by atoms with Crippen molar-refractivity contribution in [2.75, 3.05) is 14.1 Å². The average molecular weight is 231 g/mol. The van der Waals surface area contributed by atoms with Crippen molar-refractivity contribution in [2.45, 2.75) is 24.9 Å². The van der Waals surface area contributed by atoms with Crippen LogP contribution in [-0.2, 0) is 6.18 Å². The summed E-state index contributed by atoms with van der Waals surface area (Å²) in [5.74, 6) is 0.516. The van der Waals surface area contributed by atoms with Gasteiger partial charge in [0.25, 0.3) is 0 Å². The number of alkyl halides is 3. The molecule has 1 aliphatic carbocycles. The fourth-order valence-electron chi connectivity index (χ4n) is 1.36. The van der Waals surface area contributed by atoms with Crippen molar-refractivity contribution in [1.29, 1.82) is 0 Å². The first-order valence-corrected chi connectivity index (χ1v) is 5.24. The largest absolute Gasteiger partial charge is 0.416 e. The summed E-state index contributed by atoms with van der Waals surface area (Å²) >= 11 is 0. The minimum Gasteiger partial charge on any atom is -0.323 e. The molecule has 1 aromatic rings. The van der Waals surface area contributed by atoms with E-state index in [2.05, 4.69) is 5.32 Å². The maximum atomic E-state index is 12.1. The second-order valence-corrected chi connectivity index (χ2v) is 3.89. The van der Waals surface area contributed by atoms with Gasteiger partial charge >= 0.3 is 6.18 Å². The van der Waals surface area contributed by atoms with Crippen LogP contribution in [0.2, 0.25) is 0 Å². The van der Waals surface area contributed by atoms with Crippen LogP contribution < -0.4 is 5.32 Å². The van der Waals surface area contributed by atoms with E-state index in [1.807, 2.05) is 14.1 Å². The number of nitrogens with one attached hydrogen (secondary N) is 1. The van der Waals surface area contributed by atoms with Gasteiger partial charge in [-0.1, -0.05) is 12.1 Å². The van der Waals surface area contributed by atoms with Gasteiger partial charge in [0.15, 0.2) is 0 Å². The third kappa shape index (κ3) is 3.85. The molecular formula is C12H16F3N. The normalized spacial score (nSPS) is 15.3. The molecule has 2 rings (SSSR count). The SMILES string of the molecule is CNC.FC(F)(F)c1ccc(C2CC2)cc1. The summed E-state index contributed by atoms with van der Waals surface area (Å²) in [6.07, 6.45) is -1.97.